The highest BCUT2D eigenvalue weighted by atomic mass is 16.2. The molecule has 0 saturated heterocycles. The number of unbranched alkanes of at least 4 members (excludes halogenated alkanes) is 11. The van der Waals surface area contributed by atoms with Gasteiger partial charge in [0.25, 0.3) is 0 Å². The highest BCUT2D eigenvalue weighted by molar-refractivity contribution is 4.88. The van der Waals surface area contributed by atoms with E-state index in [1.165, 1.54) is 64.2 Å². The third-order valence-corrected chi connectivity index (χ3v) is 2.98. The van der Waals surface area contributed by atoms with Crippen LogP contribution in [0.15, 0.2) is 0 Å². The Bertz CT molecular complexity index is 176. The fourth-order valence-electron chi connectivity index (χ4n) is 1.93. The van der Waals surface area contributed by atoms with E-state index in [9.17, 15) is 0 Å². The lowest BCUT2D eigenvalue weighted by Gasteiger charge is -2.01. The molecule has 1 heteroatoms. The van der Waals surface area contributed by atoms with Gasteiger partial charge in [0.2, 0.25) is 0 Å². The Morgan fingerprint density at radius 3 is 1.56 bits per heavy atom. The van der Waals surface area contributed by atoms with Gasteiger partial charge in [0, 0.05) is 6.42 Å². The van der Waals surface area contributed by atoms with Crippen LogP contribution >= 0.6 is 0 Å². The molecule has 0 atom stereocenters. The Balaban J connectivity index is 2.89. The van der Waals surface area contributed by atoms with Gasteiger partial charge in [0.05, 0.1) is 0 Å². The van der Waals surface area contributed by atoms with Gasteiger partial charge in [-0.25, -0.2) is 0 Å². The molecule has 0 aliphatic rings. The van der Waals surface area contributed by atoms with E-state index in [1.807, 2.05) is 6.11 Å². The first-order valence-corrected chi connectivity index (χ1v) is 7.03. The predicted molar refractivity (Wildman–Crippen MR) is 70.8 cm³/mol. The van der Waals surface area contributed by atoms with E-state index in [0.29, 0.717) is 0 Å². The van der Waals surface area contributed by atoms with Crippen LogP contribution in [-0.4, -0.2) is 5.11 Å². The Morgan fingerprint density at radius 1 is 0.688 bits per heavy atom. The van der Waals surface area contributed by atoms with E-state index in [1.54, 1.807) is 0 Å². The third kappa shape index (κ3) is 13.4. The lowest BCUT2D eigenvalue weighted by atomic mass is 10.1. The first-order valence-electron chi connectivity index (χ1n) is 7.03. The second-order valence-corrected chi connectivity index (χ2v) is 4.57. The van der Waals surface area contributed by atoms with Gasteiger partial charge >= 0.3 is 0 Å². The number of hydrogen-bond donors (Lipinski definition) is 1. The minimum absolute atomic E-state index is 0.855. The minimum Gasteiger partial charge on any atom is -0.462 e. The molecule has 0 aromatic heterocycles. The smallest absolute Gasteiger partial charge is 0.107 e. The van der Waals surface area contributed by atoms with E-state index in [2.05, 4.69) is 12.8 Å². The summed E-state index contributed by atoms with van der Waals surface area (Å²) in [5.74, 6) is 2.68. The summed E-state index contributed by atoms with van der Waals surface area (Å²) in [5.41, 5.74) is 0. The zero-order valence-electron chi connectivity index (χ0n) is 10.9. The van der Waals surface area contributed by atoms with Crippen molar-refractivity contribution in [2.75, 3.05) is 0 Å². The molecular weight excluding hydrogens is 196 g/mol. The lowest BCUT2D eigenvalue weighted by molar-refractivity contribution is 0.515. The van der Waals surface area contributed by atoms with Gasteiger partial charge in [-0.2, -0.15) is 0 Å². The van der Waals surface area contributed by atoms with Crippen LogP contribution in [0.3, 0.4) is 0 Å². The Morgan fingerprint density at radius 2 is 1.12 bits per heavy atom. The first-order chi connectivity index (χ1) is 7.91. The summed E-state index contributed by atoms with van der Waals surface area (Å²) in [6.45, 7) is 2.27. The summed E-state index contributed by atoms with van der Waals surface area (Å²) in [4.78, 5) is 0. The number of rotatable bonds is 11. The van der Waals surface area contributed by atoms with Crippen LogP contribution in [0.25, 0.3) is 0 Å². The molecule has 0 amide bonds. The molecule has 0 aliphatic heterocycles. The molecule has 0 fully saturated rings. The van der Waals surface area contributed by atoms with Gasteiger partial charge in [0.1, 0.15) is 6.11 Å². The topological polar surface area (TPSA) is 20.2 Å². The van der Waals surface area contributed by atoms with Crippen LogP contribution in [0, 0.1) is 12.0 Å². The van der Waals surface area contributed by atoms with E-state index < -0.39 is 0 Å². The highest BCUT2D eigenvalue weighted by Gasteiger charge is 1.92. The number of hydrogen-bond acceptors (Lipinski definition) is 1. The van der Waals surface area contributed by atoms with Crippen molar-refractivity contribution in [3.05, 3.63) is 0 Å². The maximum atomic E-state index is 8.27. The van der Waals surface area contributed by atoms with Crippen LogP contribution in [0.2, 0.25) is 0 Å². The quantitative estimate of drug-likeness (QED) is 0.386. The summed E-state index contributed by atoms with van der Waals surface area (Å²) in [6.07, 6.45) is 17.8. The van der Waals surface area contributed by atoms with Gasteiger partial charge in [-0.3, -0.25) is 0 Å². The van der Waals surface area contributed by atoms with Crippen molar-refractivity contribution in [2.24, 2.45) is 0 Å². The second kappa shape index (κ2) is 14.4. The normalized spacial score (nSPS) is 9.81. The second-order valence-electron chi connectivity index (χ2n) is 4.57. The molecule has 1 nitrogen and oxygen atoms in total. The number of aliphatic hydroxyl groups excluding tert-OH is 1. The first kappa shape index (κ1) is 15.4. The summed E-state index contributed by atoms with van der Waals surface area (Å²) in [5, 5.41) is 8.27. The monoisotopic (exact) mass is 224 g/mol. The molecule has 0 unspecified atom stereocenters. The molecule has 0 saturated carbocycles. The molecule has 0 bridgehead atoms. The maximum Gasteiger partial charge on any atom is 0.107 e. The van der Waals surface area contributed by atoms with Gasteiger partial charge in [-0.15, -0.1) is 0 Å². The number of aliphatic hydroxyl groups is 1. The highest BCUT2D eigenvalue weighted by Crippen LogP contribution is 2.11. The van der Waals surface area contributed by atoms with E-state index in [0.717, 1.165) is 12.8 Å². The molecule has 0 aromatic rings. The third-order valence-electron chi connectivity index (χ3n) is 2.98. The molecule has 0 aliphatic carbocycles. The Labute approximate surface area is 102 Å². The molecule has 0 heterocycles. The van der Waals surface area contributed by atoms with Gasteiger partial charge in [-0.1, -0.05) is 77.1 Å². The van der Waals surface area contributed by atoms with Gasteiger partial charge < -0.3 is 5.11 Å². The van der Waals surface area contributed by atoms with E-state index in [-0.39, 0.29) is 0 Å². The molecule has 0 spiro atoms. The van der Waals surface area contributed by atoms with Crippen molar-refractivity contribution in [1.82, 2.24) is 0 Å². The Kier molecular flexibility index (Phi) is 13.8. The van der Waals surface area contributed by atoms with Gasteiger partial charge in [-0.05, 0) is 6.42 Å². The van der Waals surface area contributed by atoms with Crippen LogP contribution in [-0.2, 0) is 0 Å². The van der Waals surface area contributed by atoms with E-state index >= 15 is 0 Å². The summed E-state index contributed by atoms with van der Waals surface area (Å²) < 4.78 is 0. The van der Waals surface area contributed by atoms with Crippen LogP contribution in [0.4, 0.5) is 0 Å². The molecule has 0 rings (SSSR count). The Hall–Kier alpha value is -0.640. The molecule has 0 aromatic carbocycles. The molecule has 1 N–H and O–H groups in total. The zero-order valence-corrected chi connectivity index (χ0v) is 10.9. The lowest BCUT2D eigenvalue weighted by Crippen LogP contribution is -1.82. The fourth-order valence-corrected chi connectivity index (χ4v) is 1.93. The van der Waals surface area contributed by atoms with Crippen molar-refractivity contribution in [3.63, 3.8) is 0 Å². The van der Waals surface area contributed by atoms with Crippen molar-refractivity contribution in [3.8, 4) is 12.0 Å². The SMILES string of the molecule is CCCCCCCCCCCCCC#CO. The van der Waals surface area contributed by atoms with Crippen molar-refractivity contribution in [2.45, 2.75) is 84.0 Å². The van der Waals surface area contributed by atoms with Crippen LogP contribution < -0.4 is 0 Å². The molecule has 16 heavy (non-hydrogen) atoms. The fraction of sp³-hybridized carbons (Fsp3) is 0.867. The maximum absolute atomic E-state index is 8.27. The largest absolute Gasteiger partial charge is 0.462 e. The standard InChI is InChI=1S/C15H28O/c1-2-3-4-5-6-7-8-9-10-11-12-13-14-15-16/h16H,2-13H2,1H3. The average molecular weight is 224 g/mol. The summed E-state index contributed by atoms with van der Waals surface area (Å²) in [7, 11) is 0. The minimum atomic E-state index is 0.855. The zero-order chi connectivity index (χ0) is 11.9. The molecule has 94 valence electrons. The molecular formula is C15H28O. The summed E-state index contributed by atoms with van der Waals surface area (Å²) in [6, 6.07) is 0. The van der Waals surface area contributed by atoms with Crippen molar-refractivity contribution in [1.29, 1.82) is 0 Å². The summed E-state index contributed by atoms with van der Waals surface area (Å²) >= 11 is 0. The van der Waals surface area contributed by atoms with Gasteiger partial charge in [0.15, 0.2) is 0 Å². The average Bonchev–Trinajstić information content (AvgIpc) is 2.31. The predicted octanol–water partition coefficient (Wildman–Crippen LogP) is 5.02. The van der Waals surface area contributed by atoms with Crippen LogP contribution in [0.1, 0.15) is 84.0 Å². The molecule has 0 radical (unpaired) electrons. The van der Waals surface area contributed by atoms with Crippen molar-refractivity contribution < 1.29 is 5.11 Å². The van der Waals surface area contributed by atoms with Crippen LogP contribution in [0.5, 0.6) is 0 Å². The van der Waals surface area contributed by atoms with Crippen molar-refractivity contribution >= 4 is 0 Å². The van der Waals surface area contributed by atoms with E-state index in [4.69, 9.17) is 5.11 Å².